The van der Waals surface area contributed by atoms with Crippen LogP contribution in [0.5, 0.6) is 0 Å². The highest BCUT2D eigenvalue weighted by molar-refractivity contribution is 6.33. The summed E-state index contributed by atoms with van der Waals surface area (Å²) in [5, 5.41) is 7.39. The molecule has 0 bridgehead atoms. The highest BCUT2D eigenvalue weighted by atomic mass is 35.5. The van der Waals surface area contributed by atoms with Crippen molar-refractivity contribution in [2.45, 2.75) is 44.3 Å². The maximum Gasteiger partial charge on any atom is 0.126 e. The van der Waals surface area contributed by atoms with Crippen LogP contribution in [0.1, 0.15) is 31.2 Å². The third-order valence-electron chi connectivity index (χ3n) is 6.02. The van der Waals surface area contributed by atoms with E-state index < -0.39 is 0 Å². The van der Waals surface area contributed by atoms with Crippen LogP contribution >= 0.6 is 11.6 Å². The van der Waals surface area contributed by atoms with Crippen LogP contribution in [-0.2, 0) is 6.54 Å². The maximum atomic E-state index is 13.4. The zero-order chi connectivity index (χ0) is 22.5. The highest BCUT2D eigenvalue weighted by Crippen LogP contribution is 2.30. The lowest BCUT2D eigenvalue weighted by Gasteiger charge is -2.33. The molecular formula is C25H29ClFN5. The minimum absolute atomic E-state index is 0.246. The van der Waals surface area contributed by atoms with Gasteiger partial charge in [0, 0.05) is 30.4 Å². The average molecular weight is 454 g/mol. The van der Waals surface area contributed by atoms with Gasteiger partial charge in [-0.25, -0.2) is 14.4 Å². The number of hydrogen-bond acceptors (Lipinski definition) is 5. The topological polar surface area (TPSA) is 53.1 Å². The Kier molecular flexibility index (Phi) is 7.22. The third kappa shape index (κ3) is 5.75. The zero-order valence-electron chi connectivity index (χ0n) is 18.5. The summed E-state index contributed by atoms with van der Waals surface area (Å²) < 4.78 is 13.4. The van der Waals surface area contributed by atoms with E-state index in [0.717, 1.165) is 35.5 Å². The lowest BCUT2D eigenvalue weighted by molar-refractivity contribution is 0.221. The van der Waals surface area contributed by atoms with Crippen molar-refractivity contribution in [3.8, 4) is 11.3 Å². The molecule has 1 aliphatic rings. The lowest BCUT2D eigenvalue weighted by atomic mass is 9.90. The Hall–Kier alpha value is -2.70. The van der Waals surface area contributed by atoms with E-state index in [9.17, 15) is 4.39 Å². The first-order chi connectivity index (χ1) is 15.5. The largest absolute Gasteiger partial charge is 0.367 e. The van der Waals surface area contributed by atoms with Crippen molar-refractivity contribution in [1.29, 1.82) is 0 Å². The van der Waals surface area contributed by atoms with Crippen LogP contribution in [0.4, 0.5) is 16.0 Å². The van der Waals surface area contributed by atoms with Gasteiger partial charge in [-0.1, -0.05) is 29.8 Å². The SMILES string of the molecule is CN(C)[C@H]1CC[C@H](Nc2cc(-c3cccc(NCc4cccc(F)c4)n3)c(Cl)cn2)CC1. The molecule has 4 rings (SSSR count). The number of nitrogens with zero attached hydrogens (tertiary/aromatic N) is 3. The summed E-state index contributed by atoms with van der Waals surface area (Å²) in [4.78, 5) is 11.5. The van der Waals surface area contributed by atoms with Gasteiger partial charge in [0.05, 0.1) is 10.7 Å². The molecular weight excluding hydrogens is 425 g/mol. The quantitative estimate of drug-likeness (QED) is 0.471. The van der Waals surface area contributed by atoms with Crippen LogP contribution in [0, 0.1) is 5.82 Å². The van der Waals surface area contributed by atoms with Gasteiger partial charge < -0.3 is 15.5 Å². The van der Waals surface area contributed by atoms with Crippen molar-refractivity contribution in [2.75, 3.05) is 24.7 Å². The second-order valence-corrected chi connectivity index (χ2v) is 8.96. The first kappa shape index (κ1) is 22.5. The van der Waals surface area contributed by atoms with E-state index in [4.69, 9.17) is 16.6 Å². The number of benzene rings is 1. The van der Waals surface area contributed by atoms with Gasteiger partial charge in [-0.3, -0.25) is 0 Å². The number of halogens is 2. The smallest absolute Gasteiger partial charge is 0.126 e. The fourth-order valence-corrected chi connectivity index (χ4v) is 4.38. The van der Waals surface area contributed by atoms with Gasteiger partial charge in [0.25, 0.3) is 0 Å². The summed E-state index contributed by atoms with van der Waals surface area (Å²) in [5.41, 5.74) is 2.45. The van der Waals surface area contributed by atoms with Crippen LogP contribution in [-0.4, -0.2) is 41.0 Å². The molecule has 0 radical (unpaired) electrons. The Morgan fingerprint density at radius 1 is 1.03 bits per heavy atom. The van der Waals surface area contributed by atoms with Gasteiger partial charge in [0.2, 0.25) is 0 Å². The van der Waals surface area contributed by atoms with E-state index in [0.29, 0.717) is 29.5 Å². The Balaban J connectivity index is 1.44. The summed E-state index contributed by atoms with van der Waals surface area (Å²) in [5.74, 6) is 1.28. The standard InChI is InChI=1S/C25H29ClFN5/c1-32(2)20-11-9-19(10-12-20)30-25-14-21(22(26)16-29-25)23-7-4-8-24(31-23)28-15-17-5-3-6-18(27)13-17/h3-8,13-14,16,19-20H,9-12,15H2,1-2H3,(H,28,31)(H,29,30)/t19-,20-. The van der Waals surface area contributed by atoms with Gasteiger partial charge in [-0.15, -0.1) is 0 Å². The molecule has 0 unspecified atom stereocenters. The van der Waals surface area contributed by atoms with Crippen molar-refractivity contribution in [3.63, 3.8) is 0 Å². The molecule has 5 nitrogen and oxygen atoms in total. The highest BCUT2D eigenvalue weighted by Gasteiger charge is 2.22. The summed E-state index contributed by atoms with van der Waals surface area (Å²) >= 11 is 6.47. The molecule has 1 aliphatic carbocycles. The molecule has 32 heavy (non-hydrogen) atoms. The lowest BCUT2D eigenvalue weighted by Crippen LogP contribution is -2.36. The molecule has 2 N–H and O–H groups in total. The molecule has 1 aromatic carbocycles. The van der Waals surface area contributed by atoms with E-state index in [2.05, 4.69) is 34.6 Å². The maximum absolute atomic E-state index is 13.4. The predicted molar refractivity (Wildman–Crippen MR) is 130 cm³/mol. The van der Waals surface area contributed by atoms with Crippen LogP contribution in [0.15, 0.2) is 54.7 Å². The average Bonchev–Trinajstić information content (AvgIpc) is 2.79. The Labute approximate surface area is 194 Å². The molecule has 0 aliphatic heterocycles. The van der Waals surface area contributed by atoms with Crippen LogP contribution in [0.25, 0.3) is 11.3 Å². The second-order valence-electron chi connectivity index (χ2n) is 8.55. The summed E-state index contributed by atoms with van der Waals surface area (Å²) in [6.07, 6.45) is 6.30. The number of pyridine rings is 2. The number of aromatic nitrogens is 2. The Bertz CT molecular complexity index is 1050. The Morgan fingerprint density at radius 2 is 1.81 bits per heavy atom. The normalized spacial score (nSPS) is 18.5. The van der Waals surface area contributed by atoms with E-state index in [1.54, 1.807) is 12.3 Å². The molecule has 2 aromatic heterocycles. The van der Waals surface area contributed by atoms with Crippen molar-refractivity contribution >= 4 is 23.2 Å². The minimum atomic E-state index is -0.246. The molecule has 2 heterocycles. The number of hydrogen-bond donors (Lipinski definition) is 2. The van der Waals surface area contributed by atoms with E-state index >= 15 is 0 Å². The monoisotopic (exact) mass is 453 g/mol. The molecule has 0 saturated heterocycles. The van der Waals surface area contributed by atoms with Crippen LogP contribution in [0.2, 0.25) is 5.02 Å². The summed E-state index contributed by atoms with van der Waals surface area (Å²) in [7, 11) is 4.30. The van der Waals surface area contributed by atoms with E-state index in [-0.39, 0.29) is 5.82 Å². The molecule has 168 valence electrons. The Morgan fingerprint density at radius 3 is 2.56 bits per heavy atom. The van der Waals surface area contributed by atoms with Gasteiger partial charge in [0.1, 0.15) is 17.5 Å². The fourth-order valence-electron chi connectivity index (χ4n) is 4.18. The number of rotatable bonds is 7. The molecule has 1 saturated carbocycles. The van der Waals surface area contributed by atoms with Crippen molar-refractivity contribution < 1.29 is 4.39 Å². The summed E-state index contributed by atoms with van der Waals surface area (Å²) in [6, 6.07) is 15.3. The fraction of sp³-hybridized carbons (Fsp3) is 0.360. The van der Waals surface area contributed by atoms with Crippen molar-refractivity contribution in [1.82, 2.24) is 14.9 Å². The van der Waals surface area contributed by atoms with Crippen LogP contribution < -0.4 is 10.6 Å². The molecule has 0 amide bonds. The zero-order valence-corrected chi connectivity index (χ0v) is 19.2. The molecule has 0 atom stereocenters. The van der Waals surface area contributed by atoms with Gasteiger partial charge >= 0.3 is 0 Å². The first-order valence-electron chi connectivity index (χ1n) is 11.0. The van der Waals surface area contributed by atoms with Gasteiger partial charge in [-0.2, -0.15) is 0 Å². The van der Waals surface area contributed by atoms with Gasteiger partial charge in [-0.05, 0) is 75.7 Å². The predicted octanol–water partition coefficient (Wildman–Crippen LogP) is 5.83. The van der Waals surface area contributed by atoms with Crippen molar-refractivity contribution in [3.05, 3.63) is 71.1 Å². The molecule has 1 fully saturated rings. The molecule has 0 spiro atoms. The van der Waals surface area contributed by atoms with E-state index in [1.807, 2.05) is 30.3 Å². The van der Waals surface area contributed by atoms with Crippen molar-refractivity contribution in [2.24, 2.45) is 0 Å². The van der Waals surface area contributed by atoms with E-state index in [1.165, 1.54) is 25.0 Å². The number of anilines is 2. The minimum Gasteiger partial charge on any atom is -0.367 e. The molecule has 7 heteroatoms. The first-order valence-corrected chi connectivity index (χ1v) is 11.4. The number of nitrogens with one attached hydrogen (secondary N) is 2. The third-order valence-corrected chi connectivity index (χ3v) is 6.32. The summed E-state index contributed by atoms with van der Waals surface area (Å²) in [6.45, 7) is 0.487. The van der Waals surface area contributed by atoms with Gasteiger partial charge in [0.15, 0.2) is 0 Å². The molecule has 3 aromatic rings. The van der Waals surface area contributed by atoms with Crippen LogP contribution in [0.3, 0.4) is 0 Å². The second kappa shape index (κ2) is 10.3.